The Morgan fingerprint density at radius 3 is 2.41 bits per heavy atom. The quantitative estimate of drug-likeness (QED) is 0.759. The van der Waals surface area contributed by atoms with E-state index in [-0.39, 0.29) is 11.9 Å². The molecule has 1 saturated heterocycles. The second kappa shape index (κ2) is 10.1. The van der Waals surface area contributed by atoms with Crippen molar-refractivity contribution in [2.24, 2.45) is 0 Å². The number of aromatic nitrogens is 4. The van der Waals surface area contributed by atoms with Crippen molar-refractivity contribution in [3.8, 4) is 0 Å². The zero-order valence-corrected chi connectivity index (χ0v) is 17.6. The van der Waals surface area contributed by atoms with Crippen molar-refractivity contribution in [1.29, 1.82) is 0 Å². The number of imidazole rings is 1. The van der Waals surface area contributed by atoms with Gasteiger partial charge in [-0.1, -0.05) is 6.42 Å². The van der Waals surface area contributed by atoms with E-state index in [4.69, 9.17) is 9.90 Å². The van der Waals surface area contributed by atoms with E-state index < -0.39 is 12.1 Å². The van der Waals surface area contributed by atoms with Crippen LogP contribution < -0.4 is 0 Å². The van der Waals surface area contributed by atoms with Gasteiger partial charge in [0.25, 0.3) is 5.91 Å². The van der Waals surface area contributed by atoms with Gasteiger partial charge in [0, 0.05) is 25.5 Å². The number of rotatable bonds is 3. The van der Waals surface area contributed by atoms with Gasteiger partial charge in [-0.3, -0.25) is 9.78 Å². The van der Waals surface area contributed by atoms with Crippen LogP contribution in [-0.4, -0.2) is 78.7 Å². The van der Waals surface area contributed by atoms with Gasteiger partial charge >= 0.3 is 12.1 Å². The van der Waals surface area contributed by atoms with Crippen molar-refractivity contribution in [1.82, 2.24) is 29.3 Å². The molecular formula is C20H25F3N6O3. The van der Waals surface area contributed by atoms with Crippen molar-refractivity contribution in [2.75, 3.05) is 26.2 Å². The van der Waals surface area contributed by atoms with Gasteiger partial charge in [-0.15, -0.1) is 0 Å². The third kappa shape index (κ3) is 6.02. The van der Waals surface area contributed by atoms with Crippen molar-refractivity contribution >= 4 is 11.9 Å². The molecule has 174 valence electrons. The van der Waals surface area contributed by atoms with Gasteiger partial charge in [-0.05, 0) is 32.9 Å². The Balaban J connectivity index is 0.000000360. The van der Waals surface area contributed by atoms with Gasteiger partial charge in [-0.2, -0.15) is 13.2 Å². The van der Waals surface area contributed by atoms with Gasteiger partial charge in [0.15, 0.2) is 0 Å². The van der Waals surface area contributed by atoms with Crippen molar-refractivity contribution in [3.63, 3.8) is 0 Å². The summed E-state index contributed by atoms with van der Waals surface area (Å²) in [5, 5.41) is 7.12. The molecular weight excluding hydrogens is 429 g/mol. The van der Waals surface area contributed by atoms with Crippen molar-refractivity contribution in [3.05, 3.63) is 42.0 Å². The van der Waals surface area contributed by atoms with E-state index in [1.165, 1.54) is 19.3 Å². The van der Waals surface area contributed by atoms with E-state index >= 15 is 0 Å². The molecule has 2 aromatic rings. The summed E-state index contributed by atoms with van der Waals surface area (Å²) in [7, 11) is 0. The van der Waals surface area contributed by atoms with Crippen LogP contribution in [0.4, 0.5) is 13.2 Å². The minimum absolute atomic E-state index is 0.0522. The highest BCUT2D eigenvalue weighted by atomic mass is 19.4. The molecule has 9 nitrogen and oxygen atoms in total. The lowest BCUT2D eigenvalue weighted by atomic mass is 10.1. The van der Waals surface area contributed by atoms with E-state index in [1.54, 1.807) is 12.4 Å². The predicted molar refractivity (Wildman–Crippen MR) is 107 cm³/mol. The summed E-state index contributed by atoms with van der Waals surface area (Å²) in [5.41, 5.74) is 2.31. The molecule has 1 amide bonds. The van der Waals surface area contributed by atoms with Gasteiger partial charge in [-0.25, -0.2) is 14.8 Å². The van der Waals surface area contributed by atoms with Crippen molar-refractivity contribution in [2.45, 2.75) is 44.9 Å². The number of likely N-dealkylation sites (tertiary alicyclic amines) is 1. The van der Waals surface area contributed by atoms with Crippen LogP contribution in [0.1, 0.15) is 47.2 Å². The summed E-state index contributed by atoms with van der Waals surface area (Å²) in [6, 6.07) is 0.242. The number of carboxylic acid groups (broad SMARTS) is 1. The van der Waals surface area contributed by atoms with Crippen LogP contribution in [-0.2, 0) is 11.3 Å². The molecule has 0 spiro atoms. The number of carbonyl (C=O) groups excluding carboxylic acids is 1. The highest BCUT2D eigenvalue weighted by molar-refractivity contribution is 5.92. The van der Waals surface area contributed by atoms with Crippen LogP contribution in [0.3, 0.4) is 0 Å². The molecule has 0 bridgehead atoms. The van der Waals surface area contributed by atoms with E-state index in [2.05, 4.69) is 24.4 Å². The largest absolute Gasteiger partial charge is 0.490 e. The third-order valence-electron chi connectivity index (χ3n) is 5.37. The standard InChI is InChI=1S/C18H24N6O.C2HF3O2/c1-14-7-21-17(9-20-14)18(25)23-11-15-8-19-13-24(15)16(12-23)10-22-5-3-2-4-6-22;3-2(4,5)1(6)7/h7-9,13,16H,2-6,10-12H2,1H3;(H,6,7). The molecule has 2 aromatic heterocycles. The summed E-state index contributed by atoms with van der Waals surface area (Å²) in [6.07, 6.45) is 5.77. The number of amides is 1. The second-order valence-electron chi connectivity index (χ2n) is 7.84. The molecule has 1 unspecified atom stereocenters. The number of alkyl halides is 3. The second-order valence-corrected chi connectivity index (χ2v) is 7.84. The SMILES string of the molecule is Cc1cnc(C(=O)N2Cc3cncn3C(CN3CCCCC3)C2)cn1.O=C(O)C(F)(F)F. The molecule has 0 aliphatic carbocycles. The summed E-state index contributed by atoms with van der Waals surface area (Å²) in [6.45, 7) is 6.40. The fourth-order valence-electron chi connectivity index (χ4n) is 3.79. The minimum atomic E-state index is -5.08. The van der Waals surface area contributed by atoms with Crippen molar-refractivity contribution < 1.29 is 27.9 Å². The smallest absolute Gasteiger partial charge is 0.475 e. The van der Waals surface area contributed by atoms with E-state index in [1.807, 2.05) is 24.3 Å². The molecule has 1 atom stereocenters. The Morgan fingerprint density at radius 2 is 1.81 bits per heavy atom. The number of nitrogens with zero attached hydrogens (tertiary/aromatic N) is 6. The number of fused-ring (bicyclic) bond motifs is 1. The molecule has 4 rings (SSSR count). The Kier molecular flexibility index (Phi) is 7.44. The fraction of sp³-hybridized carbons (Fsp3) is 0.550. The van der Waals surface area contributed by atoms with Crippen LogP contribution in [0.2, 0.25) is 0 Å². The number of carboxylic acids is 1. The normalized spacial score (nSPS) is 19.0. The minimum Gasteiger partial charge on any atom is -0.475 e. The molecule has 0 aromatic carbocycles. The molecule has 2 aliphatic rings. The average Bonchev–Trinajstić information content (AvgIpc) is 3.23. The number of piperidine rings is 1. The number of aliphatic carboxylic acids is 1. The summed E-state index contributed by atoms with van der Waals surface area (Å²) >= 11 is 0. The molecule has 0 radical (unpaired) electrons. The Hall–Kier alpha value is -3.02. The fourth-order valence-corrected chi connectivity index (χ4v) is 3.79. The summed E-state index contributed by atoms with van der Waals surface area (Å²) in [4.78, 5) is 38.9. The highest BCUT2D eigenvalue weighted by Gasteiger charge is 2.38. The highest BCUT2D eigenvalue weighted by Crippen LogP contribution is 2.24. The first kappa shape index (κ1) is 23.6. The predicted octanol–water partition coefficient (Wildman–Crippen LogP) is 2.30. The number of halogens is 3. The first-order valence-electron chi connectivity index (χ1n) is 10.3. The van der Waals surface area contributed by atoms with Gasteiger partial charge in [0.1, 0.15) is 5.69 Å². The maximum absolute atomic E-state index is 12.9. The van der Waals surface area contributed by atoms with Crippen LogP contribution in [0.5, 0.6) is 0 Å². The first-order chi connectivity index (χ1) is 15.1. The number of hydrogen-bond acceptors (Lipinski definition) is 6. The molecule has 1 fully saturated rings. The molecule has 1 N–H and O–H groups in total. The summed E-state index contributed by atoms with van der Waals surface area (Å²) in [5.74, 6) is -2.81. The lowest BCUT2D eigenvalue weighted by Crippen LogP contribution is -2.45. The first-order valence-corrected chi connectivity index (χ1v) is 10.3. The van der Waals surface area contributed by atoms with Gasteiger partial charge in [0.2, 0.25) is 0 Å². The zero-order valence-electron chi connectivity index (χ0n) is 17.6. The van der Waals surface area contributed by atoms with Gasteiger partial charge in [0.05, 0.1) is 36.5 Å². The number of aryl methyl sites for hydroxylation is 1. The number of carbonyl (C=O) groups is 2. The topological polar surface area (TPSA) is 104 Å². The lowest BCUT2D eigenvalue weighted by molar-refractivity contribution is -0.192. The van der Waals surface area contributed by atoms with E-state index in [0.717, 1.165) is 31.0 Å². The molecule has 2 aliphatic heterocycles. The van der Waals surface area contributed by atoms with Gasteiger partial charge < -0.3 is 19.5 Å². The lowest BCUT2D eigenvalue weighted by Gasteiger charge is -2.38. The Labute approximate surface area is 182 Å². The van der Waals surface area contributed by atoms with E-state index in [9.17, 15) is 18.0 Å². The Morgan fingerprint density at radius 1 is 1.12 bits per heavy atom. The van der Waals surface area contributed by atoms with E-state index in [0.29, 0.717) is 18.8 Å². The molecule has 32 heavy (non-hydrogen) atoms. The zero-order chi connectivity index (χ0) is 23.3. The average molecular weight is 454 g/mol. The maximum atomic E-state index is 12.9. The van der Waals surface area contributed by atoms with Crippen LogP contribution in [0.25, 0.3) is 0 Å². The third-order valence-corrected chi connectivity index (χ3v) is 5.37. The molecule has 0 saturated carbocycles. The van der Waals surface area contributed by atoms with Crippen LogP contribution in [0, 0.1) is 6.92 Å². The monoisotopic (exact) mass is 454 g/mol. The Bertz CT molecular complexity index is 925. The molecule has 12 heteroatoms. The summed E-state index contributed by atoms with van der Waals surface area (Å²) < 4.78 is 34.0. The van der Waals surface area contributed by atoms with Crippen LogP contribution in [0.15, 0.2) is 24.9 Å². The molecule has 4 heterocycles. The number of hydrogen-bond donors (Lipinski definition) is 1. The van der Waals surface area contributed by atoms with Crippen LogP contribution >= 0.6 is 0 Å². The maximum Gasteiger partial charge on any atom is 0.490 e.